The molecular weight excluding hydrogens is 338 g/mol. The molecular formula is C18H13N3O5. The van der Waals surface area contributed by atoms with Crippen molar-refractivity contribution in [2.45, 2.75) is 6.92 Å². The molecule has 1 aromatic heterocycles. The molecule has 0 saturated heterocycles. The average molecular weight is 351 g/mol. The molecule has 0 atom stereocenters. The van der Waals surface area contributed by atoms with E-state index in [4.69, 9.17) is 9.57 Å². The fourth-order valence-corrected chi connectivity index (χ4v) is 2.70. The van der Waals surface area contributed by atoms with Crippen LogP contribution < -0.4 is 4.74 Å². The Morgan fingerprint density at radius 3 is 2.46 bits per heavy atom. The van der Waals surface area contributed by atoms with Crippen LogP contribution in [0.5, 0.6) is 6.01 Å². The van der Waals surface area contributed by atoms with Crippen LogP contribution >= 0.6 is 0 Å². The van der Waals surface area contributed by atoms with Crippen LogP contribution in [0, 0.1) is 0 Å². The van der Waals surface area contributed by atoms with E-state index in [0.29, 0.717) is 28.7 Å². The number of benzene rings is 2. The highest BCUT2D eigenvalue weighted by Gasteiger charge is 2.38. The van der Waals surface area contributed by atoms with Gasteiger partial charge < -0.3 is 14.6 Å². The third-order valence-corrected chi connectivity index (χ3v) is 3.91. The first-order valence-corrected chi connectivity index (χ1v) is 7.91. The van der Waals surface area contributed by atoms with Gasteiger partial charge in [0.15, 0.2) is 0 Å². The third-order valence-electron chi connectivity index (χ3n) is 3.91. The van der Waals surface area contributed by atoms with E-state index in [1.807, 2.05) is 6.92 Å². The van der Waals surface area contributed by atoms with Gasteiger partial charge in [0.05, 0.1) is 34.3 Å². The molecule has 1 aliphatic heterocycles. The predicted molar refractivity (Wildman–Crippen MR) is 89.6 cm³/mol. The fraction of sp³-hybridized carbons (Fsp3) is 0.111. The van der Waals surface area contributed by atoms with E-state index in [1.165, 1.54) is 24.3 Å². The fourth-order valence-electron chi connectivity index (χ4n) is 2.70. The van der Waals surface area contributed by atoms with Crippen molar-refractivity contribution in [3.05, 3.63) is 59.2 Å². The van der Waals surface area contributed by atoms with E-state index in [-0.39, 0.29) is 16.7 Å². The molecule has 3 aromatic rings. The maximum atomic E-state index is 12.4. The number of fused-ring (bicyclic) bond motifs is 2. The molecule has 8 nitrogen and oxygen atoms in total. The van der Waals surface area contributed by atoms with Crippen molar-refractivity contribution in [2.24, 2.45) is 0 Å². The minimum Gasteiger partial charge on any atom is -0.465 e. The normalized spacial score (nSPS) is 13.2. The number of imide groups is 1. The minimum atomic E-state index is -0.825. The molecule has 1 aliphatic rings. The van der Waals surface area contributed by atoms with Gasteiger partial charge >= 0.3 is 5.97 Å². The molecule has 0 aliphatic carbocycles. The number of hydrogen-bond donors (Lipinski definition) is 1. The van der Waals surface area contributed by atoms with Crippen LogP contribution in [-0.4, -0.2) is 39.4 Å². The maximum Gasteiger partial charge on any atom is 0.364 e. The van der Waals surface area contributed by atoms with Crippen molar-refractivity contribution < 1.29 is 24.0 Å². The molecule has 8 heteroatoms. The van der Waals surface area contributed by atoms with Crippen molar-refractivity contribution in [3.63, 3.8) is 0 Å². The lowest BCUT2D eigenvalue weighted by Crippen LogP contribution is -2.32. The number of carbonyl (C=O) groups excluding carboxylic acids is 3. The zero-order valence-corrected chi connectivity index (χ0v) is 13.7. The van der Waals surface area contributed by atoms with Gasteiger partial charge in [-0.3, -0.25) is 9.59 Å². The number of nitrogens with one attached hydrogen (secondary N) is 1. The van der Waals surface area contributed by atoms with Crippen LogP contribution in [0.25, 0.3) is 11.0 Å². The van der Waals surface area contributed by atoms with Gasteiger partial charge in [0, 0.05) is 0 Å². The lowest BCUT2D eigenvalue weighted by Gasteiger charge is -2.12. The van der Waals surface area contributed by atoms with Crippen molar-refractivity contribution in [1.29, 1.82) is 0 Å². The predicted octanol–water partition coefficient (Wildman–Crippen LogP) is 2.33. The second-order valence-corrected chi connectivity index (χ2v) is 5.54. The Morgan fingerprint density at radius 1 is 1.12 bits per heavy atom. The van der Waals surface area contributed by atoms with Gasteiger partial charge in [0.2, 0.25) is 0 Å². The number of aromatic nitrogens is 2. The van der Waals surface area contributed by atoms with E-state index in [2.05, 4.69) is 9.97 Å². The first-order valence-electron chi connectivity index (χ1n) is 7.91. The summed E-state index contributed by atoms with van der Waals surface area (Å²) in [6.45, 7) is 2.28. The first kappa shape index (κ1) is 15.8. The highest BCUT2D eigenvalue weighted by Crippen LogP contribution is 2.24. The van der Waals surface area contributed by atoms with Crippen LogP contribution in [0.15, 0.2) is 42.5 Å². The van der Waals surface area contributed by atoms with Crippen LogP contribution in [-0.2, 0) is 4.84 Å². The summed E-state index contributed by atoms with van der Waals surface area (Å²) in [7, 11) is 0. The Balaban J connectivity index is 1.58. The quantitative estimate of drug-likeness (QED) is 0.724. The van der Waals surface area contributed by atoms with Gasteiger partial charge in [-0.05, 0) is 37.3 Å². The summed E-state index contributed by atoms with van der Waals surface area (Å²) in [4.78, 5) is 49.1. The van der Waals surface area contributed by atoms with E-state index >= 15 is 0 Å². The van der Waals surface area contributed by atoms with Crippen LogP contribution in [0.3, 0.4) is 0 Å². The molecule has 0 spiro atoms. The Kier molecular flexibility index (Phi) is 3.65. The summed E-state index contributed by atoms with van der Waals surface area (Å²) < 4.78 is 5.28. The van der Waals surface area contributed by atoms with Crippen molar-refractivity contribution in [2.75, 3.05) is 6.61 Å². The van der Waals surface area contributed by atoms with Gasteiger partial charge in [-0.1, -0.05) is 17.2 Å². The summed E-state index contributed by atoms with van der Waals surface area (Å²) in [5.41, 5.74) is 1.77. The molecule has 130 valence electrons. The number of hydrogen-bond acceptors (Lipinski definition) is 6. The van der Waals surface area contributed by atoms with Crippen molar-refractivity contribution in [3.8, 4) is 6.01 Å². The number of hydroxylamine groups is 2. The van der Waals surface area contributed by atoms with Crippen LogP contribution in [0.1, 0.15) is 38.0 Å². The molecule has 1 N–H and O–H groups in total. The molecule has 0 bridgehead atoms. The summed E-state index contributed by atoms with van der Waals surface area (Å²) in [5.74, 6) is -2.16. The Hall–Kier alpha value is -3.68. The second kappa shape index (κ2) is 5.99. The second-order valence-electron chi connectivity index (χ2n) is 5.54. The van der Waals surface area contributed by atoms with Gasteiger partial charge in [-0.2, -0.15) is 4.98 Å². The summed E-state index contributed by atoms with van der Waals surface area (Å²) in [6, 6.07) is 11.3. The smallest absolute Gasteiger partial charge is 0.364 e. The molecule has 2 amide bonds. The Bertz CT molecular complexity index is 1020. The number of carbonyl (C=O) groups is 3. The number of rotatable bonds is 4. The molecule has 26 heavy (non-hydrogen) atoms. The van der Waals surface area contributed by atoms with E-state index in [9.17, 15) is 14.4 Å². The zero-order valence-electron chi connectivity index (χ0n) is 13.7. The SMILES string of the molecule is CCOc1nc2ccc(C(=O)ON3C(=O)c4ccccc4C3=O)cc2[nH]1. The molecule has 0 saturated carbocycles. The Labute approximate surface area is 147 Å². The van der Waals surface area contributed by atoms with Crippen molar-refractivity contribution >= 4 is 28.8 Å². The molecule has 2 aromatic carbocycles. The highest BCUT2D eigenvalue weighted by atomic mass is 16.7. The topological polar surface area (TPSA) is 102 Å². The molecule has 2 heterocycles. The van der Waals surface area contributed by atoms with Crippen LogP contribution in [0.2, 0.25) is 0 Å². The monoisotopic (exact) mass is 351 g/mol. The molecule has 0 radical (unpaired) electrons. The summed E-state index contributed by atoms with van der Waals surface area (Å²) >= 11 is 0. The number of amides is 2. The number of ether oxygens (including phenoxy) is 1. The van der Waals surface area contributed by atoms with Crippen molar-refractivity contribution in [1.82, 2.24) is 15.0 Å². The number of aromatic amines is 1. The largest absolute Gasteiger partial charge is 0.465 e. The third kappa shape index (κ3) is 2.48. The van der Waals surface area contributed by atoms with E-state index < -0.39 is 17.8 Å². The lowest BCUT2D eigenvalue weighted by molar-refractivity contribution is -0.0584. The minimum absolute atomic E-state index is 0.167. The zero-order chi connectivity index (χ0) is 18.3. The van der Waals surface area contributed by atoms with Gasteiger partial charge in [-0.25, -0.2) is 4.79 Å². The number of nitrogens with zero attached hydrogens (tertiary/aromatic N) is 2. The molecule has 0 unspecified atom stereocenters. The maximum absolute atomic E-state index is 12.4. The number of H-pyrrole nitrogens is 1. The standard InChI is InChI=1S/C18H13N3O5/c1-2-25-18-19-13-8-7-10(9-14(13)20-18)17(24)26-21-15(22)11-5-3-4-6-12(11)16(21)23/h3-9H,2H2,1H3,(H,19,20). The Morgan fingerprint density at radius 2 is 1.81 bits per heavy atom. The van der Waals surface area contributed by atoms with Gasteiger partial charge in [0.25, 0.3) is 17.8 Å². The average Bonchev–Trinajstić information content (AvgIpc) is 3.16. The molecule has 0 fully saturated rings. The first-order chi connectivity index (χ1) is 12.6. The van der Waals surface area contributed by atoms with E-state index in [1.54, 1.807) is 18.2 Å². The molecule has 4 rings (SSSR count). The van der Waals surface area contributed by atoms with Gasteiger partial charge in [0.1, 0.15) is 0 Å². The van der Waals surface area contributed by atoms with E-state index in [0.717, 1.165) is 0 Å². The number of imidazole rings is 1. The van der Waals surface area contributed by atoms with Crippen LogP contribution in [0.4, 0.5) is 0 Å². The highest BCUT2D eigenvalue weighted by molar-refractivity contribution is 6.21. The summed E-state index contributed by atoms with van der Waals surface area (Å²) in [6.07, 6.45) is 0. The lowest BCUT2D eigenvalue weighted by atomic mass is 10.1. The van der Waals surface area contributed by atoms with Gasteiger partial charge in [-0.15, -0.1) is 0 Å². The summed E-state index contributed by atoms with van der Waals surface area (Å²) in [5, 5.41) is 0.482.